The molecule has 0 spiro atoms. The van der Waals surface area contributed by atoms with Crippen molar-refractivity contribution in [3.8, 4) is 0 Å². The van der Waals surface area contributed by atoms with E-state index in [1.807, 2.05) is 7.05 Å². The molecule has 1 heterocycles. The zero-order chi connectivity index (χ0) is 18.5. The highest BCUT2D eigenvalue weighted by atomic mass is 15.2. The van der Waals surface area contributed by atoms with E-state index in [2.05, 4.69) is 75.1 Å². The summed E-state index contributed by atoms with van der Waals surface area (Å²) in [5.41, 5.74) is 4.40. The van der Waals surface area contributed by atoms with Crippen molar-refractivity contribution in [3.63, 3.8) is 0 Å². The van der Waals surface area contributed by atoms with Gasteiger partial charge in [0, 0.05) is 45.2 Å². The highest BCUT2D eigenvalue weighted by Gasteiger charge is 2.26. The van der Waals surface area contributed by atoms with Crippen molar-refractivity contribution < 1.29 is 0 Å². The summed E-state index contributed by atoms with van der Waals surface area (Å²) < 4.78 is 0. The van der Waals surface area contributed by atoms with Gasteiger partial charge < -0.3 is 10.6 Å². The fraction of sp³-hybridized carbons (Fsp3) is 0.435. The number of aliphatic imine (C=N–C) groups is 1. The summed E-state index contributed by atoms with van der Waals surface area (Å²) in [5, 5.41) is 7.17. The highest BCUT2D eigenvalue weighted by molar-refractivity contribution is 5.80. The molecule has 2 N–H and O–H groups in total. The van der Waals surface area contributed by atoms with Gasteiger partial charge >= 0.3 is 0 Å². The smallest absolute Gasteiger partial charge is 0.191 e. The van der Waals surface area contributed by atoms with Crippen LogP contribution in [-0.4, -0.2) is 43.6 Å². The molecule has 4 heteroatoms. The molecule has 1 saturated heterocycles. The molecule has 0 radical (unpaired) electrons. The third-order valence-corrected chi connectivity index (χ3v) is 5.88. The molecule has 4 rings (SSSR count). The van der Waals surface area contributed by atoms with Crippen molar-refractivity contribution in [2.45, 2.75) is 37.8 Å². The number of nitrogens with one attached hydrogen (secondary N) is 2. The molecule has 4 nitrogen and oxygen atoms in total. The van der Waals surface area contributed by atoms with Crippen LogP contribution in [0.3, 0.4) is 0 Å². The molecule has 0 saturated carbocycles. The Balaban J connectivity index is 1.20. The summed E-state index contributed by atoms with van der Waals surface area (Å²) in [6, 6.07) is 20.0. The summed E-state index contributed by atoms with van der Waals surface area (Å²) in [6.07, 6.45) is 3.51. The summed E-state index contributed by atoms with van der Waals surface area (Å²) in [7, 11) is 1.87. The predicted molar refractivity (Wildman–Crippen MR) is 112 cm³/mol. The van der Waals surface area contributed by atoms with Gasteiger partial charge in [-0.1, -0.05) is 54.6 Å². The van der Waals surface area contributed by atoms with Gasteiger partial charge in [0.05, 0.1) is 0 Å². The van der Waals surface area contributed by atoms with Crippen LogP contribution in [0.2, 0.25) is 0 Å². The first-order valence-electron chi connectivity index (χ1n) is 10.1. The van der Waals surface area contributed by atoms with Crippen LogP contribution in [0.15, 0.2) is 59.6 Å². The maximum absolute atomic E-state index is 4.44. The minimum atomic E-state index is 0.511. The van der Waals surface area contributed by atoms with Gasteiger partial charge in [0.1, 0.15) is 0 Å². The number of guanidine groups is 1. The van der Waals surface area contributed by atoms with Crippen LogP contribution in [0.5, 0.6) is 0 Å². The molecule has 0 aromatic heterocycles. The normalized spacial score (nSPS) is 20.6. The number of hydrogen-bond donors (Lipinski definition) is 2. The Labute approximate surface area is 162 Å². The van der Waals surface area contributed by atoms with E-state index in [9.17, 15) is 0 Å². The maximum atomic E-state index is 4.44. The number of benzene rings is 2. The molecule has 1 aliphatic heterocycles. The SMILES string of the molecule is CN=C(NCC1Cc2ccccc21)NC1CCN(Cc2ccccc2)CC1. The first-order chi connectivity index (χ1) is 13.3. The number of hydrogen-bond acceptors (Lipinski definition) is 2. The second-order valence-corrected chi connectivity index (χ2v) is 7.73. The maximum Gasteiger partial charge on any atom is 0.191 e. The zero-order valence-corrected chi connectivity index (χ0v) is 16.2. The monoisotopic (exact) mass is 362 g/mol. The lowest BCUT2D eigenvalue weighted by atomic mass is 9.78. The molecule has 0 amide bonds. The van der Waals surface area contributed by atoms with E-state index in [1.165, 1.54) is 36.0 Å². The van der Waals surface area contributed by atoms with Crippen LogP contribution in [0, 0.1) is 0 Å². The van der Waals surface area contributed by atoms with Crippen LogP contribution < -0.4 is 10.6 Å². The molecule has 2 aliphatic rings. The third kappa shape index (κ3) is 4.51. The van der Waals surface area contributed by atoms with Gasteiger partial charge in [-0.3, -0.25) is 9.89 Å². The number of piperidine rings is 1. The number of fused-ring (bicyclic) bond motifs is 1. The topological polar surface area (TPSA) is 39.7 Å². The molecule has 2 aromatic carbocycles. The quantitative estimate of drug-likeness (QED) is 0.634. The van der Waals surface area contributed by atoms with Gasteiger partial charge in [0.15, 0.2) is 5.96 Å². The highest BCUT2D eigenvalue weighted by Crippen LogP contribution is 2.33. The van der Waals surface area contributed by atoms with Crippen molar-refractivity contribution in [1.29, 1.82) is 0 Å². The van der Waals surface area contributed by atoms with Crippen LogP contribution in [-0.2, 0) is 13.0 Å². The van der Waals surface area contributed by atoms with E-state index in [0.717, 1.165) is 32.1 Å². The van der Waals surface area contributed by atoms with E-state index >= 15 is 0 Å². The molecule has 142 valence electrons. The minimum Gasteiger partial charge on any atom is -0.356 e. The van der Waals surface area contributed by atoms with E-state index < -0.39 is 0 Å². The molecular formula is C23H30N4. The molecule has 1 unspecified atom stereocenters. The summed E-state index contributed by atoms with van der Waals surface area (Å²) in [4.78, 5) is 6.99. The standard InChI is InChI=1S/C23H30N4/c1-24-23(25-16-20-15-19-9-5-6-10-22(19)20)26-21-11-13-27(14-12-21)17-18-7-3-2-4-8-18/h2-10,20-21H,11-17H2,1H3,(H2,24,25,26). The summed E-state index contributed by atoms with van der Waals surface area (Å²) in [6.45, 7) is 4.30. The lowest BCUT2D eigenvalue weighted by Crippen LogP contribution is -2.49. The Hall–Kier alpha value is -2.33. The lowest BCUT2D eigenvalue weighted by Gasteiger charge is -2.34. The fourth-order valence-electron chi connectivity index (χ4n) is 4.23. The van der Waals surface area contributed by atoms with Crippen LogP contribution in [0.25, 0.3) is 0 Å². The van der Waals surface area contributed by atoms with Crippen LogP contribution >= 0.6 is 0 Å². The fourth-order valence-corrected chi connectivity index (χ4v) is 4.23. The second kappa shape index (κ2) is 8.57. The van der Waals surface area contributed by atoms with Crippen LogP contribution in [0.1, 0.15) is 35.4 Å². The van der Waals surface area contributed by atoms with E-state index in [0.29, 0.717) is 12.0 Å². The van der Waals surface area contributed by atoms with E-state index in [4.69, 9.17) is 0 Å². The summed E-state index contributed by atoms with van der Waals surface area (Å²) >= 11 is 0. The van der Waals surface area contributed by atoms with Gasteiger partial charge in [-0.2, -0.15) is 0 Å². The van der Waals surface area contributed by atoms with Crippen LogP contribution in [0.4, 0.5) is 0 Å². The predicted octanol–water partition coefficient (Wildman–Crippen LogP) is 3.16. The van der Waals surface area contributed by atoms with Crippen molar-refractivity contribution >= 4 is 5.96 Å². The zero-order valence-electron chi connectivity index (χ0n) is 16.2. The van der Waals surface area contributed by atoms with Crippen molar-refractivity contribution in [3.05, 3.63) is 71.3 Å². The van der Waals surface area contributed by atoms with Gasteiger partial charge in [-0.05, 0) is 36.0 Å². The molecule has 2 aromatic rings. The number of nitrogens with zero attached hydrogens (tertiary/aromatic N) is 2. The Morgan fingerprint density at radius 2 is 1.78 bits per heavy atom. The third-order valence-electron chi connectivity index (χ3n) is 5.88. The van der Waals surface area contributed by atoms with Crippen molar-refractivity contribution in [1.82, 2.24) is 15.5 Å². The lowest BCUT2D eigenvalue weighted by molar-refractivity contribution is 0.198. The van der Waals surface area contributed by atoms with Gasteiger partial charge in [-0.25, -0.2) is 0 Å². The number of rotatable bonds is 5. The Morgan fingerprint density at radius 1 is 1.04 bits per heavy atom. The largest absolute Gasteiger partial charge is 0.356 e. The molecule has 27 heavy (non-hydrogen) atoms. The molecule has 1 aliphatic carbocycles. The van der Waals surface area contributed by atoms with E-state index in [1.54, 1.807) is 0 Å². The van der Waals surface area contributed by atoms with E-state index in [-0.39, 0.29) is 0 Å². The summed E-state index contributed by atoms with van der Waals surface area (Å²) in [5.74, 6) is 1.56. The Morgan fingerprint density at radius 3 is 2.52 bits per heavy atom. The number of likely N-dealkylation sites (tertiary alicyclic amines) is 1. The van der Waals surface area contributed by atoms with Gasteiger partial charge in [0.25, 0.3) is 0 Å². The van der Waals surface area contributed by atoms with Crippen molar-refractivity contribution in [2.24, 2.45) is 4.99 Å². The molecule has 1 fully saturated rings. The average Bonchev–Trinajstić information content (AvgIpc) is 2.70. The van der Waals surface area contributed by atoms with Gasteiger partial charge in [0.2, 0.25) is 0 Å². The minimum absolute atomic E-state index is 0.511. The van der Waals surface area contributed by atoms with Gasteiger partial charge in [-0.15, -0.1) is 0 Å². The first kappa shape index (κ1) is 18.1. The second-order valence-electron chi connectivity index (χ2n) is 7.73. The average molecular weight is 363 g/mol. The molecule has 1 atom stereocenters. The molecular weight excluding hydrogens is 332 g/mol. The Bertz CT molecular complexity index is 763. The van der Waals surface area contributed by atoms with Crippen molar-refractivity contribution in [2.75, 3.05) is 26.7 Å². The molecule has 0 bridgehead atoms. The first-order valence-corrected chi connectivity index (χ1v) is 10.1. The Kier molecular flexibility index (Phi) is 5.73.